The van der Waals surface area contributed by atoms with Gasteiger partial charge in [-0.2, -0.15) is 0 Å². The molecular formula is C17H22N4O3. The molecule has 3 rings (SSSR count). The van der Waals surface area contributed by atoms with Crippen LogP contribution in [0.1, 0.15) is 5.69 Å². The van der Waals surface area contributed by atoms with Crippen LogP contribution in [0, 0.1) is 6.92 Å². The Morgan fingerprint density at radius 3 is 2.71 bits per heavy atom. The minimum absolute atomic E-state index is 0.0920. The molecule has 7 heteroatoms. The minimum atomic E-state index is 0.0920. The number of aromatic nitrogens is 2. The lowest BCUT2D eigenvalue weighted by molar-refractivity contribution is -0.131. The lowest BCUT2D eigenvalue weighted by atomic mass is 10.2. The molecule has 1 aliphatic rings. The summed E-state index contributed by atoms with van der Waals surface area (Å²) in [4.78, 5) is 25.5. The Kier molecular flexibility index (Phi) is 4.80. The van der Waals surface area contributed by atoms with Gasteiger partial charge in [-0.05, 0) is 19.1 Å². The lowest BCUT2D eigenvalue weighted by Gasteiger charge is -2.35. The Morgan fingerprint density at radius 2 is 2.00 bits per heavy atom. The predicted molar refractivity (Wildman–Crippen MR) is 91.5 cm³/mol. The highest BCUT2D eigenvalue weighted by molar-refractivity contribution is 5.84. The highest BCUT2D eigenvalue weighted by Gasteiger charge is 2.26. The quantitative estimate of drug-likeness (QED) is 0.822. The van der Waals surface area contributed by atoms with Gasteiger partial charge in [-0.25, -0.2) is 9.97 Å². The first kappa shape index (κ1) is 16.4. The summed E-state index contributed by atoms with van der Waals surface area (Å²) in [5, 5.41) is 0. The molecule has 1 saturated heterocycles. The van der Waals surface area contributed by atoms with Gasteiger partial charge in [-0.3, -0.25) is 4.79 Å². The molecule has 0 radical (unpaired) electrons. The van der Waals surface area contributed by atoms with E-state index in [-0.39, 0.29) is 5.91 Å². The first-order valence-corrected chi connectivity index (χ1v) is 7.96. The zero-order valence-electron chi connectivity index (χ0n) is 14.3. The van der Waals surface area contributed by atoms with E-state index in [9.17, 15) is 4.79 Å². The second kappa shape index (κ2) is 7.00. The Balaban J connectivity index is 1.82. The molecule has 0 bridgehead atoms. The molecule has 1 amide bonds. The minimum Gasteiger partial charge on any atom is -0.497 e. The molecule has 0 N–H and O–H groups in total. The van der Waals surface area contributed by atoms with E-state index in [4.69, 9.17) is 14.5 Å². The molecule has 0 atom stereocenters. The number of hydrogen-bond donors (Lipinski definition) is 0. The van der Waals surface area contributed by atoms with Crippen LogP contribution in [0.4, 0.5) is 5.82 Å². The SMILES string of the molecule is COCCN1CCN(c2nc3ccc(OC)cc3nc2C)CC1=O. The predicted octanol–water partition coefficient (Wildman–Crippen LogP) is 1.24. The van der Waals surface area contributed by atoms with Crippen LogP contribution in [-0.4, -0.2) is 67.8 Å². The smallest absolute Gasteiger partial charge is 0.242 e. The second-order valence-electron chi connectivity index (χ2n) is 5.78. The van der Waals surface area contributed by atoms with E-state index in [0.29, 0.717) is 26.2 Å². The summed E-state index contributed by atoms with van der Waals surface area (Å²) in [5.41, 5.74) is 2.40. The highest BCUT2D eigenvalue weighted by Crippen LogP contribution is 2.24. The summed E-state index contributed by atoms with van der Waals surface area (Å²) in [6, 6.07) is 5.62. The van der Waals surface area contributed by atoms with Crippen LogP contribution in [0.5, 0.6) is 5.75 Å². The van der Waals surface area contributed by atoms with Crippen LogP contribution in [0.2, 0.25) is 0 Å². The summed E-state index contributed by atoms with van der Waals surface area (Å²) in [6.07, 6.45) is 0. The third kappa shape index (κ3) is 3.26. The zero-order chi connectivity index (χ0) is 17.1. The molecule has 24 heavy (non-hydrogen) atoms. The van der Waals surface area contributed by atoms with Crippen LogP contribution in [0.25, 0.3) is 11.0 Å². The average molecular weight is 330 g/mol. The molecule has 0 aliphatic carbocycles. The fourth-order valence-electron chi connectivity index (χ4n) is 2.87. The van der Waals surface area contributed by atoms with Crippen molar-refractivity contribution < 1.29 is 14.3 Å². The number of carbonyl (C=O) groups is 1. The molecule has 2 aromatic rings. The van der Waals surface area contributed by atoms with Crippen LogP contribution in [-0.2, 0) is 9.53 Å². The summed E-state index contributed by atoms with van der Waals surface area (Å²) in [5.74, 6) is 1.62. The molecule has 7 nitrogen and oxygen atoms in total. The Morgan fingerprint density at radius 1 is 1.17 bits per heavy atom. The van der Waals surface area contributed by atoms with E-state index in [2.05, 4.69) is 4.98 Å². The van der Waals surface area contributed by atoms with Gasteiger partial charge < -0.3 is 19.3 Å². The van der Waals surface area contributed by atoms with E-state index < -0.39 is 0 Å². The number of fused-ring (bicyclic) bond motifs is 1. The number of rotatable bonds is 5. The van der Waals surface area contributed by atoms with Gasteiger partial charge in [0.25, 0.3) is 0 Å². The van der Waals surface area contributed by atoms with E-state index >= 15 is 0 Å². The first-order chi connectivity index (χ1) is 11.6. The lowest BCUT2D eigenvalue weighted by Crippen LogP contribution is -2.51. The van der Waals surface area contributed by atoms with Crippen molar-refractivity contribution >= 4 is 22.8 Å². The molecule has 0 unspecified atom stereocenters. The molecule has 0 saturated carbocycles. The van der Waals surface area contributed by atoms with Crippen molar-refractivity contribution in [3.8, 4) is 5.75 Å². The largest absolute Gasteiger partial charge is 0.497 e. The van der Waals surface area contributed by atoms with Gasteiger partial charge in [0, 0.05) is 32.8 Å². The molecule has 1 aromatic heterocycles. The van der Waals surface area contributed by atoms with E-state index in [0.717, 1.165) is 34.8 Å². The number of methoxy groups -OCH3 is 2. The van der Waals surface area contributed by atoms with Crippen molar-refractivity contribution in [2.45, 2.75) is 6.92 Å². The van der Waals surface area contributed by atoms with Crippen molar-refractivity contribution in [2.24, 2.45) is 0 Å². The fraction of sp³-hybridized carbons (Fsp3) is 0.471. The number of piperazine rings is 1. The molecule has 1 fully saturated rings. The van der Waals surface area contributed by atoms with Crippen molar-refractivity contribution in [2.75, 3.05) is 51.9 Å². The maximum absolute atomic E-state index is 12.3. The van der Waals surface area contributed by atoms with Crippen LogP contribution in [0.3, 0.4) is 0 Å². The van der Waals surface area contributed by atoms with Crippen molar-refractivity contribution in [1.82, 2.24) is 14.9 Å². The number of ether oxygens (including phenoxy) is 2. The van der Waals surface area contributed by atoms with Gasteiger partial charge in [0.2, 0.25) is 5.91 Å². The molecular weight excluding hydrogens is 308 g/mol. The van der Waals surface area contributed by atoms with Crippen molar-refractivity contribution in [3.05, 3.63) is 23.9 Å². The second-order valence-corrected chi connectivity index (χ2v) is 5.78. The average Bonchev–Trinajstić information content (AvgIpc) is 2.59. The van der Waals surface area contributed by atoms with E-state index in [1.54, 1.807) is 14.2 Å². The molecule has 0 spiro atoms. The summed E-state index contributed by atoms with van der Waals surface area (Å²) >= 11 is 0. The van der Waals surface area contributed by atoms with E-state index in [1.807, 2.05) is 34.9 Å². The zero-order valence-corrected chi connectivity index (χ0v) is 14.3. The molecule has 2 heterocycles. The topological polar surface area (TPSA) is 67.8 Å². The Bertz CT molecular complexity index is 750. The fourth-order valence-corrected chi connectivity index (χ4v) is 2.87. The maximum Gasteiger partial charge on any atom is 0.242 e. The third-order valence-electron chi connectivity index (χ3n) is 4.20. The summed E-state index contributed by atoms with van der Waals surface area (Å²) in [7, 11) is 3.27. The first-order valence-electron chi connectivity index (χ1n) is 7.96. The van der Waals surface area contributed by atoms with Gasteiger partial charge in [0.15, 0.2) is 5.82 Å². The number of carbonyl (C=O) groups excluding carboxylic acids is 1. The van der Waals surface area contributed by atoms with Crippen LogP contribution < -0.4 is 9.64 Å². The monoisotopic (exact) mass is 330 g/mol. The Hall–Kier alpha value is -2.41. The number of hydrogen-bond acceptors (Lipinski definition) is 6. The molecule has 128 valence electrons. The van der Waals surface area contributed by atoms with Crippen LogP contribution >= 0.6 is 0 Å². The maximum atomic E-state index is 12.3. The summed E-state index contributed by atoms with van der Waals surface area (Å²) in [6.45, 7) is 4.84. The van der Waals surface area contributed by atoms with Crippen LogP contribution in [0.15, 0.2) is 18.2 Å². The number of amides is 1. The number of aryl methyl sites for hydroxylation is 1. The molecule has 1 aliphatic heterocycles. The van der Waals surface area contributed by atoms with Crippen molar-refractivity contribution in [1.29, 1.82) is 0 Å². The number of benzene rings is 1. The number of anilines is 1. The van der Waals surface area contributed by atoms with Crippen molar-refractivity contribution in [3.63, 3.8) is 0 Å². The van der Waals surface area contributed by atoms with Gasteiger partial charge in [0.05, 0.1) is 37.0 Å². The Labute approximate surface area is 141 Å². The third-order valence-corrected chi connectivity index (χ3v) is 4.20. The standard InChI is InChI=1S/C17H22N4O3/c1-12-17(19-14-5-4-13(24-3)10-15(14)18-12)21-7-6-20(8-9-23-2)16(22)11-21/h4-5,10H,6-9,11H2,1-3H3. The van der Waals surface area contributed by atoms with Gasteiger partial charge >= 0.3 is 0 Å². The normalized spacial score (nSPS) is 15.2. The number of nitrogens with zero attached hydrogens (tertiary/aromatic N) is 4. The molecule has 1 aromatic carbocycles. The highest BCUT2D eigenvalue weighted by atomic mass is 16.5. The van der Waals surface area contributed by atoms with Gasteiger partial charge in [-0.15, -0.1) is 0 Å². The summed E-state index contributed by atoms with van der Waals surface area (Å²) < 4.78 is 10.3. The van der Waals surface area contributed by atoms with Gasteiger partial charge in [0.1, 0.15) is 5.75 Å². The van der Waals surface area contributed by atoms with E-state index in [1.165, 1.54) is 0 Å². The van der Waals surface area contributed by atoms with Gasteiger partial charge in [-0.1, -0.05) is 0 Å².